The smallest absolute Gasteiger partial charge is 0.263 e. The van der Waals surface area contributed by atoms with Gasteiger partial charge in [0, 0.05) is 17.1 Å². The fourth-order valence-corrected chi connectivity index (χ4v) is 3.08. The van der Waals surface area contributed by atoms with E-state index < -0.39 is 0 Å². The summed E-state index contributed by atoms with van der Waals surface area (Å²) in [6, 6.07) is 17.7. The summed E-state index contributed by atoms with van der Waals surface area (Å²) in [7, 11) is 0. The van der Waals surface area contributed by atoms with E-state index in [1.54, 1.807) is 12.1 Å². The van der Waals surface area contributed by atoms with E-state index in [1.807, 2.05) is 43.3 Å². The van der Waals surface area contributed by atoms with Gasteiger partial charge < -0.3 is 5.32 Å². The van der Waals surface area contributed by atoms with Gasteiger partial charge in [0.2, 0.25) is 0 Å². The van der Waals surface area contributed by atoms with Crippen molar-refractivity contribution < 1.29 is 4.79 Å². The standard InChI is InChI=1S/C20H14ClN2OS/c1-14-19(20(24)22-13-16-7-10-17(21)11-8-16)25-18(23-14)12-9-15-5-3-2-4-6-15/h3-8,10-11H,13H2,1H3,(H,22,24). The zero-order valence-electron chi connectivity index (χ0n) is 13.5. The van der Waals surface area contributed by atoms with E-state index in [4.69, 9.17) is 11.6 Å². The van der Waals surface area contributed by atoms with Crippen molar-refractivity contribution >= 4 is 28.8 Å². The van der Waals surface area contributed by atoms with Crippen LogP contribution >= 0.6 is 22.9 Å². The molecule has 123 valence electrons. The van der Waals surface area contributed by atoms with Crippen LogP contribution in [-0.2, 0) is 6.54 Å². The van der Waals surface area contributed by atoms with Crippen LogP contribution in [0.4, 0.5) is 0 Å². The fourth-order valence-electron chi connectivity index (χ4n) is 2.12. The molecule has 0 aliphatic rings. The molecule has 3 nitrogen and oxygen atoms in total. The third kappa shape index (κ3) is 4.69. The van der Waals surface area contributed by atoms with Gasteiger partial charge in [-0.3, -0.25) is 4.79 Å². The SMILES string of the molecule is Cc1nc(C#Cc2cc[c]cc2)sc1C(=O)NCc1ccc(Cl)cc1. The van der Waals surface area contributed by atoms with Crippen molar-refractivity contribution in [2.45, 2.75) is 13.5 Å². The fraction of sp³-hybridized carbons (Fsp3) is 0.100. The highest BCUT2D eigenvalue weighted by molar-refractivity contribution is 7.14. The molecular formula is C20H14ClN2OS. The van der Waals surface area contributed by atoms with E-state index in [9.17, 15) is 4.79 Å². The van der Waals surface area contributed by atoms with Crippen molar-refractivity contribution in [3.8, 4) is 11.8 Å². The quantitative estimate of drug-likeness (QED) is 0.705. The summed E-state index contributed by atoms with van der Waals surface area (Å²) in [6.45, 7) is 2.26. The maximum Gasteiger partial charge on any atom is 0.263 e. The largest absolute Gasteiger partial charge is 0.347 e. The van der Waals surface area contributed by atoms with Crippen molar-refractivity contribution in [2.24, 2.45) is 0 Å². The maximum atomic E-state index is 12.4. The van der Waals surface area contributed by atoms with Gasteiger partial charge in [0.1, 0.15) is 4.88 Å². The summed E-state index contributed by atoms with van der Waals surface area (Å²) in [6.07, 6.45) is 0. The Hall–Kier alpha value is -2.61. The molecule has 1 amide bonds. The van der Waals surface area contributed by atoms with Crippen LogP contribution in [0.15, 0.2) is 48.5 Å². The Bertz CT molecular complexity index is 937. The van der Waals surface area contributed by atoms with E-state index >= 15 is 0 Å². The number of carbonyl (C=O) groups excluding carboxylic acids is 1. The van der Waals surface area contributed by atoms with Gasteiger partial charge in [-0.05, 0) is 48.7 Å². The first kappa shape index (κ1) is 17.2. The van der Waals surface area contributed by atoms with E-state index in [1.165, 1.54) is 11.3 Å². The summed E-state index contributed by atoms with van der Waals surface area (Å²) >= 11 is 7.16. The van der Waals surface area contributed by atoms with Gasteiger partial charge in [-0.1, -0.05) is 41.8 Å². The Balaban J connectivity index is 1.68. The molecule has 1 radical (unpaired) electrons. The first-order valence-corrected chi connectivity index (χ1v) is 8.79. The van der Waals surface area contributed by atoms with Crippen molar-refractivity contribution in [3.63, 3.8) is 0 Å². The number of rotatable bonds is 3. The molecule has 3 rings (SSSR count). The van der Waals surface area contributed by atoms with Crippen LogP contribution in [-0.4, -0.2) is 10.9 Å². The molecule has 1 N–H and O–H groups in total. The highest BCUT2D eigenvalue weighted by Crippen LogP contribution is 2.18. The van der Waals surface area contributed by atoms with Crippen molar-refractivity contribution in [3.05, 3.63) is 86.3 Å². The zero-order chi connectivity index (χ0) is 17.6. The van der Waals surface area contributed by atoms with Gasteiger partial charge >= 0.3 is 0 Å². The molecule has 0 spiro atoms. The Morgan fingerprint density at radius 2 is 1.92 bits per heavy atom. The molecule has 1 heterocycles. The van der Waals surface area contributed by atoms with Crippen LogP contribution in [0, 0.1) is 24.8 Å². The van der Waals surface area contributed by atoms with E-state index in [0.29, 0.717) is 27.1 Å². The molecule has 0 aliphatic heterocycles. The number of thiazole rings is 1. The van der Waals surface area contributed by atoms with Crippen LogP contribution in [0.3, 0.4) is 0 Å². The number of hydrogen-bond donors (Lipinski definition) is 1. The predicted molar refractivity (Wildman–Crippen MR) is 101 cm³/mol. The summed E-state index contributed by atoms with van der Waals surface area (Å²) in [5.74, 6) is 5.90. The second kappa shape index (κ2) is 7.98. The average Bonchev–Trinajstić information content (AvgIpc) is 3.01. The molecule has 0 bridgehead atoms. The van der Waals surface area contributed by atoms with Crippen molar-refractivity contribution in [1.29, 1.82) is 0 Å². The molecule has 1 aromatic heterocycles. The lowest BCUT2D eigenvalue weighted by molar-refractivity contribution is 0.0954. The Morgan fingerprint density at radius 3 is 2.64 bits per heavy atom. The minimum absolute atomic E-state index is 0.146. The molecule has 0 saturated heterocycles. The molecule has 5 heteroatoms. The van der Waals surface area contributed by atoms with Gasteiger partial charge in [-0.2, -0.15) is 0 Å². The summed E-state index contributed by atoms with van der Waals surface area (Å²) in [4.78, 5) is 17.3. The van der Waals surface area contributed by atoms with Crippen LogP contribution in [0.2, 0.25) is 5.02 Å². The number of hydrogen-bond acceptors (Lipinski definition) is 3. The third-order valence-corrected chi connectivity index (χ3v) is 4.72. The number of nitrogens with zero attached hydrogens (tertiary/aromatic N) is 1. The summed E-state index contributed by atoms with van der Waals surface area (Å²) in [5, 5.41) is 4.20. The number of aryl methyl sites for hydroxylation is 1. The molecule has 0 atom stereocenters. The Labute approximate surface area is 155 Å². The summed E-state index contributed by atoms with van der Waals surface area (Å²) in [5.41, 5.74) is 2.56. The number of nitrogens with one attached hydrogen (secondary N) is 1. The minimum Gasteiger partial charge on any atom is -0.347 e. The lowest BCUT2D eigenvalue weighted by atomic mass is 10.2. The van der Waals surface area contributed by atoms with E-state index in [0.717, 1.165) is 11.1 Å². The lowest BCUT2D eigenvalue weighted by Crippen LogP contribution is -2.22. The van der Waals surface area contributed by atoms with Crippen molar-refractivity contribution in [1.82, 2.24) is 10.3 Å². The first-order valence-electron chi connectivity index (χ1n) is 7.60. The number of amides is 1. The highest BCUT2D eigenvalue weighted by Gasteiger charge is 2.14. The molecular weight excluding hydrogens is 352 g/mol. The van der Waals surface area contributed by atoms with Crippen LogP contribution in [0.1, 0.15) is 31.5 Å². The van der Waals surface area contributed by atoms with Crippen LogP contribution < -0.4 is 5.32 Å². The van der Waals surface area contributed by atoms with E-state index in [2.05, 4.69) is 28.2 Å². The summed E-state index contributed by atoms with van der Waals surface area (Å²) < 4.78 is 0. The molecule has 3 aromatic rings. The predicted octanol–water partition coefficient (Wildman–Crippen LogP) is 4.23. The number of benzene rings is 2. The van der Waals surface area contributed by atoms with Gasteiger partial charge in [0.15, 0.2) is 5.01 Å². The highest BCUT2D eigenvalue weighted by atomic mass is 35.5. The van der Waals surface area contributed by atoms with Gasteiger partial charge in [-0.15, -0.1) is 11.3 Å². The van der Waals surface area contributed by atoms with Gasteiger partial charge in [0.05, 0.1) is 5.69 Å². The van der Waals surface area contributed by atoms with Crippen LogP contribution in [0.25, 0.3) is 0 Å². The minimum atomic E-state index is -0.146. The van der Waals surface area contributed by atoms with Crippen molar-refractivity contribution in [2.75, 3.05) is 0 Å². The lowest BCUT2D eigenvalue weighted by Gasteiger charge is -2.04. The molecule has 2 aromatic carbocycles. The van der Waals surface area contributed by atoms with Gasteiger partial charge in [-0.25, -0.2) is 4.98 Å². The molecule has 0 fully saturated rings. The molecule has 0 saturated carbocycles. The average molecular weight is 366 g/mol. The second-order valence-corrected chi connectivity index (χ2v) is 6.72. The molecule has 0 unspecified atom stereocenters. The van der Waals surface area contributed by atoms with E-state index in [-0.39, 0.29) is 5.91 Å². The third-order valence-electron chi connectivity index (χ3n) is 3.40. The topological polar surface area (TPSA) is 42.0 Å². The van der Waals surface area contributed by atoms with Crippen LogP contribution in [0.5, 0.6) is 0 Å². The molecule has 25 heavy (non-hydrogen) atoms. The maximum absolute atomic E-state index is 12.4. The van der Waals surface area contributed by atoms with Gasteiger partial charge in [0.25, 0.3) is 5.91 Å². The monoisotopic (exact) mass is 365 g/mol. The Kier molecular flexibility index (Phi) is 5.49. The molecule has 0 aliphatic carbocycles. The number of aromatic nitrogens is 1. The normalized spacial score (nSPS) is 10.0. The Morgan fingerprint density at radius 1 is 1.20 bits per heavy atom. The number of halogens is 1. The first-order chi connectivity index (χ1) is 12.1. The zero-order valence-corrected chi connectivity index (χ0v) is 15.0. The number of carbonyl (C=O) groups is 1. The second-order valence-electron chi connectivity index (χ2n) is 5.28.